The van der Waals surface area contributed by atoms with Gasteiger partial charge in [-0.2, -0.15) is 11.2 Å². The second-order valence-electron chi connectivity index (χ2n) is 3.75. The van der Waals surface area contributed by atoms with Crippen molar-refractivity contribution in [3.63, 3.8) is 0 Å². The van der Waals surface area contributed by atoms with Gasteiger partial charge in [-0.15, -0.1) is 0 Å². The second kappa shape index (κ2) is 5.20. The molecule has 6 heteroatoms. The largest absolute Gasteiger partial charge is 0.287 e. The maximum absolute atomic E-state index is 11.6. The van der Waals surface area contributed by atoms with E-state index in [1.807, 2.05) is 18.4 Å². The Bertz CT molecular complexity index is 455. The van der Waals surface area contributed by atoms with Crippen molar-refractivity contribution in [2.24, 2.45) is 5.11 Å². The summed E-state index contributed by atoms with van der Waals surface area (Å²) in [7, 11) is -1.68. The zero-order valence-corrected chi connectivity index (χ0v) is 11.3. The van der Waals surface area contributed by atoms with Crippen molar-refractivity contribution in [1.29, 1.82) is 0 Å². The number of amides is 1. The Hall–Kier alpha value is -1.23. The van der Waals surface area contributed by atoms with Crippen LogP contribution in [0.4, 0.5) is 0 Å². The van der Waals surface area contributed by atoms with E-state index in [0.29, 0.717) is 5.56 Å². The molecule has 0 radical (unpaired) electrons. The van der Waals surface area contributed by atoms with Gasteiger partial charge < -0.3 is 0 Å². The van der Waals surface area contributed by atoms with Gasteiger partial charge in [0.15, 0.2) is 0 Å². The molecule has 1 amide bonds. The van der Waals surface area contributed by atoms with Crippen LogP contribution in [0.15, 0.2) is 29.4 Å². The third-order valence-corrected chi connectivity index (χ3v) is 8.93. The molecule has 0 aliphatic rings. The summed E-state index contributed by atoms with van der Waals surface area (Å²) in [6.07, 6.45) is 2.04. The number of nitrogens with zero attached hydrogens (tertiary/aromatic N) is 3. The molecule has 0 bridgehead atoms. The molecular formula is C10H13N3OSSi. The molecule has 1 rings (SSSR count). The number of rotatable bonds is 3. The van der Waals surface area contributed by atoms with E-state index < -0.39 is 13.1 Å². The van der Waals surface area contributed by atoms with Crippen molar-refractivity contribution < 1.29 is 4.79 Å². The summed E-state index contributed by atoms with van der Waals surface area (Å²) in [5.41, 5.74) is 8.83. The topological polar surface area (TPSA) is 65.8 Å². The molecular weight excluding hydrogens is 238 g/mol. The summed E-state index contributed by atoms with van der Waals surface area (Å²) in [6, 6.07) is 7.36. The molecule has 1 aromatic carbocycles. The minimum absolute atomic E-state index is 0.493. The molecule has 0 aromatic heterocycles. The van der Waals surface area contributed by atoms with Crippen LogP contribution in [0.25, 0.3) is 10.4 Å². The Morgan fingerprint density at radius 1 is 1.44 bits per heavy atom. The van der Waals surface area contributed by atoms with Gasteiger partial charge in [0.05, 0.1) is 0 Å². The summed E-state index contributed by atoms with van der Waals surface area (Å²) >= 11 is 1.78. The van der Waals surface area contributed by atoms with E-state index in [1.54, 1.807) is 23.3 Å². The smallest absolute Gasteiger partial charge is 0.249 e. The number of carbonyl (C=O) groups is 1. The maximum atomic E-state index is 11.6. The van der Waals surface area contributed by atoms with Gasteiger partial charge >= 0.3 is 0 Å². The quantitative estimate of drug-likeness (QED) is 0.359. The molecule has 16 heavy (non-hydrogen) atoms. The summed E-state index contributed by atoms with van der Waals surface area (Å²) in [6.45, 7) is 4.33. The first-order valence-electron chi connectivity index (χ1n) is 4.77. The third kappa shape index (κ3) is 2.66. The first-order valence-corrected chi connectivity index (χ1v) is 9.72. The molecule has 4 nitrogen and oxygen atoms in total. The van der Waals surface area contributed by atoms with Crippen LogP contribution in [0.2, 0.25) is 13.1 Å². The summed E-state index contributed by atoms with van der Waals surface area (Å²) in [5, 5.41) is 4.19. The minimum atomic E-state index is -1.68. The highest BCUT2D eigenvalue weighted by molar-refractivity contribution is 8.29. The molecule has 1 aromatic rings. The van der Waals surface area contributed by atoms with Crippen molar-refractivity contribution >= 4 is 29.5 Å². The standard InChI is InChI=1S/C10H13N3OSSi/c1-15-16(2,3)9-7-5-4-6-8(9)10(14)12-13-11/h4-7H,1-3H3. The molecule has 0 unspecified atom stereocenters. The molecule has 0 saturated carbocycles. The van der Waals surface area contributed by atoms with Crippen molar-refractivity contribution in [2.75, 3.05) is 6.26 Å². The number of hydrogen-bond donors (Lipinski definition) is 0. The van der Waals surface area contributed by atoms with Crippen LogP contribution in [-0.4, -0.2) is 19.4 Å². The minimum Gasteiger partial charge on any atom is -0.287 e. The number of benzene rings is 1. The van der Waals surface area contributed by atoms with Crippen LogP contribution in [0.1, 0.15) is 10.4 Å². The van der Waals surface area contributed by atoms with E-state index in [1.165, 1.54) is 0 Å². The first kappa shape index (κ1) is 12.8. The van der Waals surface area contributed by atoms with Crippen LogP contribution >= 0.6 is 11.2 Å². The number of azide groups is 1. The predicted octanol–water partition coefficient (Wildman–Crippen LogP) is 2.91. The molecule has 0 spiro atoms. The number of carbonyl (C=O) groups excluding carboxylic acids is 1. The van der Waals surface area contributed by atoms with Crippen LogP contribution in [0.3, 0.4) is 0 Å². The fraction of sp³-hybridized carbons (Fsp3) is 0.300. The van der Waals surface area contributed by atoms with Gasteiger partial charge in [-0.25, -0.2) is 0 Å². The fourth-order valence-corrected chi connectivity index (χ4v) is 4.15. The van der Waals surface area contributed by atoms with Crippen molar-refractivity contribution in [2.45, 2.75) is 13.1 Å². The Balaban J connectivity index is 3.30. The molecule has 0 aliphatic heterocycles. The van der Waals surface area contributed by atoms with Gasteiger partial charge in [-0.3, -0.25) is 4.79 Å². The number of hydrogen-bond acceptors (Lipinski definition) is 2. The maximum Gasteiger partial charge on any atom is 0.249 e. The highest BCUT2D eigenvalue weighted by Gasteiger charge is 2.26. The molecule has 0 atom stereocenters. The van der Waals surface area contributed by atoms with Gasteiger partial charge in [0.25, 0.3) is 0 Å². The molecule has 84 valence electrons. The zero-order valence-electron chi connectivity index (χ0n) is 9.47. The van der Waals surface area contributed by atoms with E-state index in [4.69, 9.17) is 5.53 Å². The molecule has 0 N–H and O–H groups in total. The van der Waals surface area contributed by atoms with Crippen LogP contribution in [-0.2, 0) is 0 Å². The van der Waals surface area contributed by atoms with E-state index in [2.05, 4.69) is 23.1 Å². The van der Waals surface area contributed by atoms with Crippen LogP contribution < -0.4 is 5.19 Å². The Morgan fingerprint density at radius 3 is 2.62 bits per heavy atom. The summed E-state index contributed by atoms with van der Waals surface area (Å²) in [4.78, 5) is 14.2. The van der Waals surface area contributed by atoms with Gasteiger partial charge in [-0.1, -0.05) is 37.4 Å². The highest BCUT2D eigenvalue weighted by atomic mass is 32.4. The lowest BCUT2D eigenvalue weighted by molar-refractivity contribution is 0.100. The summed E-state index contributed by atoms with van der Waals surface area (Å²) in [5.74, 6) is -0.493. The SMILES string of the molecule is CS[Si](C)(C)c1ccccc1C(=O)N=[N+]=[N-]. The molecule has 0 heterocycles. The van der Waals surface area contributed by atoms with Gasteiger partial charge in [0, 0.05) is 10.5 Å². The van der Waals surface area contributed by atoms with Gasteiger partial charge in [0.1, 0.15) is 7.22 Å². The normalized spacial score (nSPS) is 10.7. The summed E-state index contributed by atoms with van der Waals surface area (Å²) < 4.78 is 0. The third-order valence-electron chi connectivity index (χ3n) is 2.45. The lowest BCUT2D eigenvalue weighted by atomic mass is 10.2. The zero-order chi connectivity index (χ0) is 12.2. The van der Waals surface area contributed by atoms with Crippen molar-refractivity contribution in [1.82, 2.24) is 0 Å². The average molecular weight is 251 g/mol. The highest BCUT2D eigenvalue weighted by Crippen LogP contribution is 2.18. The van der Waals surface area contributed by atoms with E-state index in [9.17, 15) is 4.79 Å². The second-order valence-corrected chi connectivity index (χ2v) is 12.0. The van der Waals surface area contributed by atoms with Crippen molar-refractivity contribution in [3.05, 3.63) is 40.3 Å². The monoisotopic (exact) mass is 251 g/mol. The fourth-order valence-electron chi connectivity index (χ4n) is 1.40. The molecule has 0 aliphatic carbocycles. The Kier molecular flexibility index (Phi) is 4.17. The van der Waals surface area contributed by atoms with E-state index in [0.717, 1.165) is 5.19 Å². The molecule has 0 fully saturated rings. The van der Waals surface area contributed by atoms with Gasteiger partial charge in [0.2, 0.25) is 5.91 Å². The average Bonchev–Trinajstić information content (AvgIpc) is 2.29. The predicted molar refractivity (Wildman–Crippen MR) is 70.5 cm³/mol. The van der Waals surface area contributed by atoms with E-state index >= 15 is 0 Å². The van der Waals surface area contributed by atoms with Gasteiger partial charge in [-0.05, 0) is 22.1 Å². The lowest BCUT2D eigenvalue weighted by Gasteiger charge is -2.22. The van der Waals surface area contributed by atoms with Crippen LogP contribution in [0, 0.1) is 0 Å². The first-order chi connectivity index (χ1) is 7.53. The molecule has 0 saturated heterocycles. The van der Waals surface area contributed by atoms with E-state index in [-0.39, 0.29) is 0 Å². The van der Waals surface area contributed by atoms with Crippen molar-refractivity contribution in [3.8, 4) is 0 Å². The Morgan fingerprint density at radius 2 is 2.06 bits per heavy atom. The lowest BCUT2D eigenvalue weighted by Crippen LogP contribution is -2.41. The van der Waals surface area contributed by atoms with Crippen LogP contribution in [0.5, 0.6) is 0 Å². The Labute approximate surface area is 99.3 Å².